The van der Waals surface area contributed by atoms with Gasteiger partial charge in [-0.3, -0.25) is 4.79 Å². The van der Waals surface area contributed by atoms with E-state index in [0.717, 1.165) is 12.8 Å². The lowest BCUT2D eigenvalue weighted by atomic mass is 9.79. The Hall–Kier alpha value is -1.75. The lowest BCUT2D eigenvalue weighted by Gasteiger charge is -2.43. The number of ether oxygens (including phenoxy) is 2. The first-order chi connectivity index (χ1) is 10.6. The van der Waals surface area contributed by atoms with Crippen molar-refractivity contribution in [3.05, 3.63) is 23.8 Å². The van der Waals surface area contributed by atoms with Gasteiger partial charge in [0.15, 0.2) is 0 Å². The molecule has 1 fully saturated rings. The minimum absolute atomic E-state index is 0.0827. The summed E-state index contributed by atoms with van der Waals surface area (Å²) in [4.78, 5) is 12.6. The smallest absolute Gasteiger partial charge is 0.251 e. The summed E-state index contributed by atoms with van der Waals surface area (Å²) in [6, 6.07) is 5.40. The standard InChI is InChI=1S/C18H28N2O3/c1-17(2)10-13(11-18(3,4)20-17)19-16(21)12-7-14(22-5)9-15(8-12)23-6/h7-9,13,20H,10-11H2,1-6H3,(H,19,21)/p+1. The molecule has 0 bridgehead atoms. The molecule has 1 aliphatic rings. The molecule has 5 nitrogen and oxygen atoms in total. The van der Waals surface area contributed by atoms with Gasteiger partial charge in [-0.05, 0) is 39.8 Å². The van der Waals surface area contributed by atoms with Crippen LogP contribution in [0.5, 0.6) is 11.5 Å². The summed E-state index contributed by atoms with van der Waals surface area (Å²) in [5.74, 6) is 1.15. The average molecular weight is 321 g/mol. The van der Waals surface area contributed by atoms with Crippen molar-refractivity contribution in [1.29, 1.82) is 0 Å². The highest BCUT2D eigenvalue weighted by Crippen LogP contribution is 2.24. The Morgan fingerprint density at radius 3 is 1.96 bits per heavy atom. The number of carbonyl (C=O) groups excluding carboxylic acids is 1. The van der Waals surface area contributed by atoms with E-state index in [1.54, 1.807) is 32.4 Å². The van der Waals surface area contributed by atoms with Gasteiger partial charge in [0.2, 0.25) is 0 Å². The molecular weight excluding hydrogens is 292 g/mol. The van der Waals surface area contributed by atoms with Gasteiger partial charge in [-0.15, -0.1) is 0 Å². The van der Waals surface area contributed by atoms with E-state index in [4.69, 9.17) is 9.47 Å². The zero-order valence-corrected chi connectivity index (χ0v) is 15.0. The predicted octanol–water partition coefficient (Wildman–Crippen LogP) is 1.72. The lowest BCUT2D eigenvalue weighted by Crippen LogP contribution is -3.06. The Bertz CT molecular complexity index is 543. The van der Waals surface area contributed by atoms with Crippen molar-refractivity contribution in [3.63, 3.8) is 0 Å². The van der Waals surface area contributed by atoms with Crippen LogP contribution < -0.4 is 20.1 Å². The highest BCUT2D eigenvalue weighted by atomic mass is 16.5. The first kappa shape index (κ1) is 17.6. The summed E-state index contributed by atoms with van der Waals surface area (Å²) in [5.41, 5.74) is 0.795. The number of nitrogens with one attached hydrogen (secondary N) is 1. The summed E-state index contributed by atoms with van der Waals surface area (Å²) in [5, 5.41) is 5.58. The largest absolute Gasteiger partial charge is 0.497 e. The van der Waals surface area contributed by atoms with Gasteiger partial charge in [-0.2, -0.15) is 0 Å². The summed E-state index contributed by atoms with van der Waals surface area (Å²) >= 11 is 0. The van der Waals surface area contributed by atoms with E-state index >= 15 is 0 Å². The molecule has 1 aromatic rings. The summed E-state index contributed by atoms with van der Waals surface area (Å²) < 4.78 is 10.5. The minimum Gasteiger partial charge on any atom is -0.497 e. The van der Waals surface area contributed by atoms with Gasteiger partial charge in [0.05, 0.1) is 25.3 Å². The monoisotopic (exact) mass is 321 g/mol. The first-order valence-electron chi connectivity index (χ1n) is 8.05. The number of methoxy groups -OCH3 is 2. The van der Waals surface area contributed by atoms with Crippen molar-refractivity contribution in [2.75, 3.05) is 14.2 Å². The molecule has 0 radical (unpaired) electrons. The van der Waals surface area contributed by atoms with Crippen LogP contribution in [0.25, 0.3) is 0 Å². The predicted molar refractivity (Wildman–Crippen MR) is 90.1 cm³/mol. The zero-order chi connectivity index (χ0) is 17.3. The van der Waals surface area contributed by atoms with Crippen LogP contribution in [0.4, 0.5) is 0 Å². The molecule has 1 heterocycles. The lowest BCUT2D eigenvalue weighted by molar-refractivity contribution is -0.787. The molecule has 0 saturated carbocycles. The third kappa shape index (κ3) is 4.61. The van der Waals surface area contributed by atoms with E-state index < -0.39 is 0 Å². The second-order valence-electron chi connectivity index (χ2n) is 7.80. The van der Waals surface area contributed by atoms with Gasteiger partial charge < -0.3 is 20.1 Å². The zero-order valence-electron chi connectivity index (χ0n) is 15.0. The van der Waals surface area contributed by atoms with E-state index in [2.05, 4.69) is 38.3 Å². The van der Waals surface area contributed by atoms with Crippen LogP contribution in [0.3, 0.4) is 0 Å². The van der Waals surface area contributed by atoms with Gasteiger partial charge in [0, 0.05) is 30.5 Å². The Balaban J connectivity index is 2.15. The van der Waals surface area contributed by atoms with E-state index in [1.807, 2.05) is 0 Å². The SMILES string of the molecule is COc1cc(OC)cc(C(=O)NC2CC(C)(C)[NH2+]C(C)(C)C2)c1. The molecule has 0 unspecified atom stereocenters. The van der Waals surface area contributed by atoms with Crippen molar-refractivity contribution < 1.29 is 19.6 Å². The second-order valence-corrected chi connectivity index (χ2v) is 7.80. The molecule has 5 heteroatoms. The number of benzene rings is 1. The van der Waals surface area contributed by atoms with E-state index in [-0.39, 0.29) is 23.0 Å². The average Bonchev–Trinajstić information content (AvgIpc) is 2.43. The van der Waals surface area contributed by atoms with Crippen molar-refractivity contribution in [3.8, 4) is 11.5 Å². The molecule has 1 saturated heterocycles. The Labute approximate surface area is 138 Å². The summed E-state index contributed by atoms with van der Waals surface area (Å²) in [6.07, 6.45) is 1.90. The molecule has 1 amide bonds. The molecule has 1 aromatic carbocycles. The first-order valence-corrected chi connectivity index (χ1v) is 8.05. The van der Waals surface area contributed by atoms with Crippen LogP contribution in [-0.2, 0) is 0 Å². The van der Waals surface area contributed by atoms with E-state index in [1.165, 1.54) is 0 Å². The minimum atomic E-state index is -0.0827. The normalized spacial score (nSPS) is 19.9. The van der Waals surface area contributed by atoms with E-state index in [0.29, 0.717) is 17.1 Å². The van der Waals surface area contributed by atoms with Crippen LogP contribution in [-0.4, -0.2) is 37.2 Å². The molecule has 128 valence electrons. The number of piperidine rings is 1. The number of carbonyl (C=O) groups is 1. The van der Waals surface area contributed by atoms with Gasteiger partial charge in [0.25, 0.3) is 5.91 Å². The number of quaternary nitrogens is 1. The fraction of sp³-hybridized carbons (Fsp3) is 0.611. The quantitative estimate of drug-likeness (QED) is 0.887. The Morgan fingerprint density at radius 2 is 1.52 bits per heavy atom. The number of amides is 1. The molecule has 2 rings (SSSR count). The fourth-order valence-corrected chi connectivity index (χ4v) is 3.83. The van der Waals surface area contributed by atoms with Crippen LogP contribution >= 0.6 is 0 Å². The number of rotatable bonds is 4. The fourth-order valence-electron chi connectivity index (χ4n) is 3.83. The molecular formula is C18H29N2O3+. The second kappa shape index (κ2) is 6.40. The van der Waals surface area contributed by atoms with Gasteiger partial charge in [-0.25, -0.2) is 0 Å². The number of nitrogens with two attached hydrogens (primary N) is 1. The molecule has 23 heavy (non-hydrogen) atoms. The van der Waals surface area contributed by atoms with Gasteiger partial charge >= 0.3 is 0 Å². The van der Waals surface area contributed by atoms with E-state index in [9.17, 15) is 4.79 Å². The highest BCUT2D eigenvalue weighted by Gasteiger charge is 2.42. The van der Waals surface area contributed by atoms with Gasteiger partial charge in [-0.1, -0.05) is 0 Å². The highest BCUT2D eigenvalue weighted by molar-refractivity contribution is 5.95. The van der Waals surface area contributed by atoms with Gasteiger partial charge in [0.1, 0.15) is 11.5 Å². The van der Waals surface area contributed by atoms with Crippen molar-refractivity contribution in [2.24, 2.45) is 0 Å². The summed E-state index contributed by atoms with van der Waals surface area (Å²) in [7, 11) is 3.16. The summed E-state index contributed by atoms with van der Waals surface area (Å²) in [6.45, 7) is 8.90. The topological polar surface area (TPSA) is 64.2 Å². The molecule has 3 N–H and O–H groups in total. The Morgan fingerprint density at radius 1 is 1.04 bits per heavy atom. The maximum Gasteiger partial charge on any atom is 0.251 e. The molecule has 0 aromatic heterocycles. The third-order valence-electron chi connectivity index (χ3n) is 4.28. The van der Waals surface area contributed by atoms with Crippen molar-refractivity contribution >= 4 is 5.91 Å². The van der Waals surface area contributed by atoms with Crippen LogP contribution in [0, 0.1) is 0 Å². The molecule has 0 atom stereocenters. The van der Waals surface area contributed by atoms with Crippen LogP contribution in [0.1, 0.15) is 50.9 Å². The number of hydrogen-bond donors (Lipinski definition) is 2. The molecule has 0 spiro atoms. The third-order valence-corrected chi connectivity index (χ3v) is 4.28. The van der Waals surface area contributed by atoms with Crippen LogP contribution in [0.15, 0.2) is 18.2 Å². The molecule has 0 aliphatic carbocycles. The van der Waals surface area contributed by atoms with Crippen LogP contribution in [0.2, 0.25) is 0 Å². The maximum absolute atomic E-state index is 12.6. The Kier molecular flexibility index (Phi) is 4.90. The van der Waals surface area contributed by atoms with Crippen molar-refractivity contribution in [2.45, 2.75) is 57.7 Å². The number of hydrogen-bond acceptors (Lipinski definition) is 3. The maximum atomic E-state index is 12.6. The molecule has 1 aliphatic heterocycles. The van der Waals surface area contributed by atoms with Crippen molar-refractivity contribution in [1.82, 2.24) is 5.32 Å².